The van der Waals surface area contributed by atoms with E-state index in [1.54, 1.807) is 24.3 Å². The van der Waals surface area contributed by atoms with E-state index in [9.17, 15) is 4.79 Å². The Morgan fingerprint density at radius 1 is 1.42 bits per heavy atom. The number of anilines is 1. The van der Waals surface area contributed by atoms with Crippen molar-refractivity contribution in [2.45, 2.75) is 6.42 Å². The number of aliphatic hydroxyl groups is 1. The maximum atomic E-state index is 11.5. The summed E-state index contributed by atoms with van der Waals surface area (Å²) in [7, 11) is 0. The average Bonchev–Trinajstić information content (AvgIpc) is 2.43. The molecule has 0 saturated heterocycles. The molecular weight excluding hydrogens is 244 g/mol. The molecule has 0 aliphatic carbocycles. The molecular formula is C14H18N2O3. The fourth-order valence-electron chi connectivity index (χ4n) is 1.40. The van der Waals surface area contributed by atoms with Crippen molar-refractivity contribution >= 4 is 11.7 Å². The van der Waals surface area contributed by atoms with Crippen molar-refractivity contribution in [1.29, 1.82) is 0 Å². The molecule has 0 heterocycles. The lowest BCUT2D eigenvalue weighted by Gasteiger charge is -2.08. The molecule has 3 N–H and O–H groups in total. The number of nitrogens with one attached hydrogen (secondary N) is 2. The van der Waals surface area contributed by atoms with Crippen LogP contribution in [-0.4, -0.2) is 37.5 Å². The summed E-state index contributed by atoms with van der Waals surface area (Å²) in [5.41, 5.74) is 1.37. The van der Waals surface area contributed by atoms with E-state index >= 15 is 0 Å². The fraction of sp³-hybridized carbons (Fsp3) is 0.357. The number of amides is 2. The number of hydrogen-bond acceptors (Lipinski definition) is 3. The predicted molar refractivity (Wildman–Crippen MR) is 73.9 cm³/mol. The van der Waals surface area contributed by atoms with Gasteiger partial charge in [0.05, 0.1) is 13.2 Å². The minimum absolute atomic E-state index is 0.0133. The number of urea groups is 1. The van der Waals surface area contributed by atoms with Crippen LogP contribution in [0.1, 0.15) is 12.0 Å². The van der Waals surface area contributed by atoms with Crippen LogP contribution < -0.4 is 10.6 Å². The molecule has 5 nitrogen and oxygen atoms in total. The molecule has 0 atom stereocenters. The van der Waals surface area contributed by atoms with E-state index < -0.39 is 0 Å². The normalized spacial score (nSPS) is 9.68. The predicted octanol–water partition coefficient (Wildman–Crippen LogP) is 1.19. The van der Waals surface area contributed by atoms with Gasteiger partial charge >= 0.3 is 6.03 Å². The van der Waals surface area contributed by atoms with Crippen LogP contribution in [0.25, 0.3) is 0 Å². The minimum Gasteiger partial charge on any atom is -0.394 e. The molecule has 2 amide bonds. The zero-order chi connectivity index (χ0) is 13.9. The van der Waals surface area contributed by atoms with Crippen LogP contribution in [0.2, 0.25) is 0 Å². The topological polar surface area (TPSA) is 70.6 Å². The third-order valence-corrected chi connectivity index (χ3v) is 2.27. The molecule has 0 aromatic heterocycles. The summed E-state index contributed by atoms with van der Waals surface area (Å²) in [6.45, 7) is 1.35. The second kappa shape index (κ2) is 8.97. The van der Waals surface area contributed by atoms with E-state index in [4.69, 9.17) is 16.3 Å². The van der Waals surface area contributed by atoms with Gasteiger partial charge < -0.3 is 20.5 Å². The Kier molecular flexibility index (Phi) is 7.10. The molecule has 102 valence electrons. The summed E-state index contributed by atoms with van der Waals surface area (Å²) in [6.07, 6.45) is 5.97. The second-order valence-corrected chi connectivity index (χ2v) is 3.80. The highest BCUT2D eigenvalue weighted by Crippen LogP contribution is 2.09. The molecule has 0 bridgehead atoms. The first kappa shape index (κ1) is 15.0. The van der Waals surface area contributed by atoms with Crippen LogP contribution in [0.3, 0.4) is 0 Å². The molecule has 5 heteroatoms. The maximum absolute atomic E-state index is 11.5. The van der Waals surface area contributed by atoms with Crippen molar-refractivity contribution in [2.24, 2.45) is 0 Å². The van der Waals surface area contributed by atoms with Crippen LogP contribution in [0, 0.1) is 12.3 Å². The molecule has 0 spiro atoms. The first-order chi connectivity index (χ1) is 9.26. The van der Waals surface area contributed by atoms with Gasteiger partial charge in [-0.1, -0.05) is 12.0 Å². The monoisotopic (exact) mass is 262 g/mol. The first-order valence-corrected chi connectivity index (χ1v) is 6.06. The van der Waals surface area contributed by atoms with Crippen molar-refractivity contribution in [2.75, 3.05) is 31.7 Å². The quantitative estimate of drug-likeness (QED) is 0.510. The Morgan fingerprint density at radius 2 is 2.26 bits per heavy atom. The van der Waals surface area contributed by atoms with Gasteiger partial charge in [-0.25, -0.2) is 4.79 Å². The highest BCUT2D eigenvalue weighted by molar-refractivity contribution is 5.89. The van der Waals surface area contributed by atoms with Crippen LogP contribution in [0.15, 0.2) is 24.3 Å². The molecule has 1 aromatic rings. The number of terminal acetylenes is 1. The Bertz CT molecular complexity index is 441. The smallest absolute Gasteiger partial charge is 0.319 e. The van der Waals surface area contributed by atoms with Gasteiger partial charge in [0.25, 0.3) is 0 Å². The number of aliphatic hydroxyl groups excluding tert-OH is 1. The first-order valence-electron chi connectivity index (χ1n) is 6.06. The maximum Gasteiger partial charge on any atom is 0.319 e. The third kappa shape index (κ3) is 6.46. The van der Waals surface area contributed by atoms with Crippen molar-refractivity contribution in [3.63, 3.8) is 0 Å². The van der Waals surface area contributed by atoms with Gasteiger partial charge in [-0.05, 0) is 24.6 Å². The number of hydrogen-bond donors (Lipinski definition) is 3. The van der Waals surface area contributed by atoms with Crippen molar-refractivity contribution < 1.29 is 14.6 Å². The summed E-state index contributed by atoms with van der Waals surface area (Å²) < 4.78 is 5.07. The van der Waals surface area contributed by atoms with Gasteiger partial charge in [0.15, 0.2) is 0 Å². The SMILES string of the molecule is C#Cc1cccc(NC(=O)NCCCOCCO)c1. The van der Waals surface area contributed by atoms with Crippen LogP contribution in [0.4, 0.5) is 10.5 Å². The summed E-state index contributed by atoms with van der Waals surface area (Å²) in [4.78, 5) is 11.5. The van der Waals surface area contributed by atoms with Crippen LogP contribution in [-0.2, 0) is 4.74 Å². The Labute approximate surface area is 113 Å². The molecule has 0 aliphatic rings. The number of carbonyl (C=O) groups is 1. The number of benzene rings is 1. The lowest BCUT2D eigenvalue weighted by molar-refractivity contribution is 0.0910. The molecule has 0 fully saturated rings. The average molecular weight is 262 g/mol. The largest absolute Gasteiger partial charge is 0.394 e. The zero-order valence-corrected chi connectivity index (χ0v) is 10.7. The van der Waals surface area contributed by atoms with Gasteiger partial charge in [-0.15, -0.1) is 6.42 Å². The standard InChI is InChI=1S/C14H18N2O3/c1-2-12-5-3-6-13(11-12)16-14(18)15-7-4-9-19-10-8-17/h1,3,5-6,11,17H,4,7-10H2,(H2,15,16,18). The van der Waals surface area contributed by atoms with E-state index in [1.165, 1.54) is 0 Å². The lowest BCUT2D eigenvalue weighted by Crippen LogP contribution is -2.30. The van der Waals surface area contributed by atoms with E-state index in [0.717, 1.165) is 5.56 Å². The molecule has 19 heavy (non-hydrogen) atoms. The summed E-state index contributed by atoms with van der Waals surface area (Å²) in [6, 6.07) is 6.79. The Hall–Kier alpha value is -2.03. The molecule has 0 radical (unpaired) electrons. The van der Waals surface area contributed by atoms with Crippen molar-refractivity contribution in [3.8, 4) is 12.3 Å². The Balaban J connectivity index is 2.22. The van der Waals surface area contributed by atoms with E-state index in [0.29, 0.717) is 31.9 Å². The van der Waals surface area contributed by atoms with Crippen LogP contribution >= 0.6 is 0 Å². The van der Waals surface area contributed by atoms with E-state index in [-0.39, 0.29) is 12.6 Å². The molecule has 1 aromatic carbocycles. The molecule has 0 unspecified atom stereocenters. The molecule has 0 aliphatic heterocycles. The van der Waals surface area contributed by atoms with Gasteiger partial charge in [0.1, 0.15) is 0 Å². The van der Waals surface area contributed by atoms with Gasteiger partial charge in [0, 0.05) is 24.4 Å². The fourth-order valence-corrected chi connectivity index (χ4v) is 1.40. The number of rotatable bonds is 7. The third-order valence-electron chi connectivity index (χ3n) is 2.27. The van der Waals surface area contributed by atoms with Gasteiger partial charge in [0.2, 0.25) is 0 Å². The zero-order valence-electron chi connectivity index (χ0n) is 10.7. The summed E-state index contributed by atoms with van der Waals surface area (Å²) >= 11 is 0. The second-order valence-electron chi connectivity index (χ2n) is 3.80. The van der Waals surface area contributed by atoms with Crippen LogP contribution in [0.5, 0.6) is 0 Å². The number of carbonyl (C=O) groups excluding carboxylic acids is 1. The van der Waals surface area contributed by atoms with Crippen molar-refractivity contribution in [1.82, 2.24) is 5.32 Å². The van der Waals surface area contributed by atoms with Gasteiger partial charge in [-0.3, -0.25) is 0 Å². The van der Waals surface area contributed by atoms with Gasteiger partial charge in [-0.2, -0.15) is 0 Å². The van der Waals surface area contributed by atoms with E-state index in [2.05, 4.69) is 16.6 Å². The highest BCUT2D eigenvalue weighted by atomic mass is 16.5. The summed E-state index contributed by atoms with van der Waals surface area (Å²) in [5.74, 6) is 2.50. The highest BCUT2D eigenvalue weighted by Gasteiger charge is 2.01. The lowest BCUT2D eigenvalue weighted by atomic mass is 10.2. The minimum atomic E-state index is -0.281. The van der Waals surface area contributed by atoms with Crippen molar-refractivity contribution in [3.05, 3.63) is 29.8 Å². The summed E-state index contributed by atoms with van der Waals surface area (Å²) in [5, 5.41) is 13.9. The number of ether oxygens (including phenoxy) is 1. The molecule has 1 rings (SSSR count). The van der Waals surface area contributed by atoms with E-state index in [1.807, 2.05) is 0 Å². The molecule has 0 saturated carbocycles. The Morgan fingerprint density at radius 3 is 3.00 bits per heavy atom.